The van der Waals surface area contributed by atoms with E-state index in [1.165, 1.54) is 0 Å². The van der Waals surface area contributed by atoms with Crippen LogP contribution in [0.1, 0.15) is 13.8 Å². The Hall–Kier alpha value is -0.610. The van der Waals surface area contributed by atoms with Crippen molar-refractivity contribution in [2.24, 2.45) is 11.7 Å². The lowest BCUT2D eigenvalue weighted by atomic mass is 10.2. The number of hydrogen-bond donors (Lipinski definition) is 1. The highest BCUT2D eigenvalue weighted by Gasteiger charge is 2.11. The van der Waals surface area contributed by atoms with Crippen molar-refractivity contribution in [2.75, 3.05) is 24.5 Å². The summed E-state index contributed by atoms with van der Waals surface area (Å²) in [6.07, 6.45) is 1.81. The minimum atomic E-state index is 0.602. The lowest BCUT2D eigenvalue weighted by Crippen LogP contribution is -2.33. The van der Waals surface area contributed by atoms with Gasteiger partial charge < -0.3 is 10.6 Å². The molecule has 3 nitrogen and oxygen atoms in total. The first-order valence-corrected chi connectivity index (χ1v) is 6.00. The van der Waals surface area contributed by atoms with Crippen LogP contribution in [0.3, 0.4) is 0 Å². The van der Waals surface area contributed by atoms with Crippen LogP contribution in [0, 0.1) is 5.92 Å². The molecular formula is C11H18BrN3. The van der Waals surface area contributed by atoms with Gasteiger partial charge in [0.05, 0.1) is 4.47 Å². The smallest absolute Gasteiger partial charge is 0.142 e. The van der Waals surface area contributed by atoms with E-state index in [4.69, 9.17) is 5.73 Å². The van der Waals surface area contributed by atoms with Gasteiger partial charge in [-0.2, -0.15) is 0 Å². The molecule has 0 bridgehead atoms. The van der Waals surface area contributed by atoms with Crippen LogP contribution >= 0.6 is 15.9 Å². The topological polar surface area (TPSA) is 42.1 Å². The van der Waals surface area contributed by atoms with Gasteiger partial charge in [-0.05, 0) is 34.0 Å². The third-order valence-electron chi connectivity index (χ3n) is 2.02. The summed E-state index contributed by atoms with van der Waals surface area (Å²) in [5, 5.41) is 0. The Kier molecular flexibility index (Phi) is 5.05. The Labute approximate surface area is 99.8 Å². The molecule has 2 N–H and O–H groups in total. The third kappa shape index (κ3) is 3.80. The molecule has 0 aliphatic carbocycles. The average molecular weight is 272 g/mol. The molecule has 15 heavy (non-hydrogen) atoms. The van der Waals surface area contributed by atoms with Crippen molar-refractivity contribution >= 4 is 21.7 Å². The molecule has 0 amide bonds. The first-order chi connectivity index (χ1) is 7.15. The van der Waals surface area contributed by atoms with Crippen molar-refractivity contribution in [3.05, 3.63) is 22.8 Å². The van der Waals surface area contributed by atoms with Crippen molar-refractivity contribution in [2.45, 2.75) is 13.8 Å². The Balaban J connectivity index is 2.83. The molecule has 0 atom stereocenters. The number of nitrogens with two attached hydrogens (primary N) is 1. The number of anilines is 1. The third-order valence-corrected chi connectivity index (χ3v) is 2.64. The predicted molar refractivity (Wildman–Crippen MR) is 68.0 cm³/mol. The molecule has 0 unspecified atom stereocenters. The van der Waals surface area contributed by atoms with Crippen molar-refractivity contribution in [3.8, 4) is 0 Å². The van der Waals surface area contributed by atoms with E-state index in [-0.39, 0.29) is 0 Å². The van der Waals surface area contributed by atoms with Crippen LogP contribution in [0.2, 0.25) is 0 Å². The quantitative estimate of drug-likeness (QED) is 0.894. The predicted octanol–water partition coefficient (Wildman–Crippen LogP) is 2.27. The number of nitrogens with zero attached hydrogens (tertiary/aromatic N) is 2. The van der Waals surface area contributed by atoms with E-state index in [2.05, 4.69) is 39.7 Å². The van der Waals surface area contributed by atoms with Gasteiger partial charge in [-0.15, -0.1) is 0 Å². The van der Waals surface area contributed by atoms with Crippen LogP contribution in [0.25, 0.3) is 0 Å². The van der Waals surface area contributed by atoms with Crippen LogP contribution in [0.4, 0.5) is 5.82 Å². The van der Waals surface area contributed by atoms with E-state index in [1.807, 2.05) is 18.3 Å². The zero-order chi connectivity index (χ0) is 11.3. The number of rotatable bonds is 5. The Morgan fingerprint density at radius 2 is 2.27 bits per heavy atom. The van der Waals surface area contributed by atoms with Gasteiger partial charge in [0, 0.05) is 25.8 Å². The van der Waals surface area contributed by atoms with E-state index < -0.39 is 0 Å². The normalized spacial score (nSPS) is 10.7. The molecule has 1 heterocycles. The van der Waals surface area contributed by atoms with Crippen LogP contribution in [0.15, 0.2) is 22.8 Å². The SMILES string of the molecule is CC(C)CN(CCN)c1ncccc1Br. The molecular weight excluding hydrogens is 254 g/mol. The Morgan fingerprint density at radius 3 is 2.80 bits per heavy atom. The second kappa shape index (κ2) is 6.08. The Bertz CT molecular complexity index is 302. The molecule has 84 valence electrons. The van der Waals surface area contributed by atoms with E-state index in [0.717, 1.165) is 23.4 Å². The molecule has 0 aliphatic rings. The highest BCUT2D eigenvalue weighted by atomic mass is 79.9. The van der Waals surface area contributed by atoms with Gasteiger partial charge in [0.2, 0.25) is 0 Å². The van der Waals surface area contributed by atoms with Crippen LogP contribution < -0.4 is 10.6 Å². The lowest BCUT2D eigenvalue weighted by Gasteiger charge is -2.25. The number of aromatic nitrogens is 1. The van der Waals surface area contributed by atoms with Gasteiger partial charge in [-0.3, -0.25) is 0 Å². The zero-order valence-corrected chi connectivity index (χ0v) is 10.9. The maximum absolute atomic E-state index is 5.61. The standard InChI is InChI=1S/C11H18BrN3/c1-9(2)8-15(7-5-13)11-10(12)4-3-6-14-11/h3-4,6,9H,5,7-8,13H2,1-2H3. The average Bonchev–Trinajstić information content (AvgIpc) is 2.17. The van der Waals surface area contributed by atoms with Crippen molar-refractivity contribution in [3.63, 3.8) is 0 Å². The summed E-state index contributed by atoms with van der Waals surface area (Å²) >= 11 is 3.51. The fourth-order valence-corrected chi connectivity index (χ4v) is 2.00. The summed E-state index contributed by atoms with van der Waals surface area (Å²) in [7, 11) is 0. The van der Waals surface area contributed by atoms with Gasteiger partial charge in [-0.25, -0.2) is 4.98 Å². The summed E-state index contributed by atoms with van der Waals surface area (Å²) in [6.45, 7) is 6.86. The van der Waals surface area contributed by atoms with Crippen molar-refractivity contribution in [1.29, 1.82) is 0 Å². The zero-order valence-electron chi connectivity index (χ0n) is 9.28. The second-order valence-corrected chi connectivity index (χ2v) is 4.79. The molecule has 1 aromatic heterocycles. The monoisotopic (exact) mass is 271 g/mol. The lowest BCUT2D eigenvalue weighted by molar-refractivity contribution is 0.606. The highest BCUT2D eigenvalue weighted by molar-refractivity contribution is 9.10. The number of pyridine rings is 1. The summed E-state index contributed by atoms with van der Waals surface area (Å²) in [5.41, 5.74) is 5.61. The van der Waals surface area contributed by atoms with Gasteiger partial charge in [-0.1, -0.05) is 13.8 Å². The molecule has 0 saturated heterocycles. The molecule has 1 rings (SSSR count). The Morgan fingerprint density at radius 1 is 1.53 bits per heavy atom. The summed E-state index contributed by atoms with van der Waals surface area (Å²) in [6, 6.07) is 3.93. The highest BCUT2D eigenvalue weighted by Crippen LogP contribution is 2.23. The fraction of sp³-hybridized carbons (Fsp3) is 0.545. The van der Waals surface area contributed by atoms with E-state index in [0.29, 0.717) is 12.5 Å². The minimum Gasteiger partial charge on any atom is -0.354 e. The van der Waals surface area contributed by atoms with Crippen LogP contribution in [-0.2, 0) is 0 Å². The van der Waals surface area contributed by atoms with Gasteiger partial charge in [0.25, 0.3) is 0 Å². The largest absolute Gasteiger partial charge is 0.354 e. The molecule has 4 heteroatoms. The maximum Gasteiger partial charge on any atom is 0.142 e. The van der Waals surface area contributed by atoms with Crippen LogP contribution in [-0.4, -0.2) is 24.6 Å². The molecule has 0 saturated carbocycles. The van der Waals surface area contributed by atoms with E-state index >= 15 is 0 Å². The number of halogens is 1. The maximum atomic E-state index is 5.61. The molecule has 0 radical (unpaired) electrons. The van der Waals surface area contributed by atoms with Gasteiger partial charge in [0.15, 0.2) is 0 Å². The molecule has 0 fully saturated rings. The number of hydrogen-bond acceptors (Lipinski definition) is 3. The first kappa shape index (κ1) is 12.5. The first-order valence-electron chi connectivity index (χ1n) is 5.20. The summed E-state index contributed by atoms with van der Waals surface area (Å²) in [4.78, 5) is 6.59. The molecule has 1 aromatic rings. The summed E-state index contributed by atoms with van der Waals surface area (Å²) < 4.78 is 1.03. The van der Waals surface area contributed by atoms with Crippen LogP contribution in [0.5, 0.6) is 0 Å². The van der Waals surface area contributed by atoms with Crippen molar-refractivity contribution < 1.29 is 0 Å². The van der Waals surface area contributed by atoms with Gasteiger partial charge in [0.1, 0.15) is 5.82 Å². The molecule has 0 spiro atoms. The molecule has 0 aliphatic heterocycles. The van der Waals surface area contributed by atoms with E-state index in [1.54, 1.807) is 0 Å². The van der Waals surface area contributed by atoms with Gasteiger partial charge >= 0.3 is 0 Å². The minimum absolute atomic E-state index is 0.602. The van der Waals surface area contributed by atoms with Crippen molar-refractivity contribution in [1.82, 2.24) is 4.98 Å². The van der Waals surface area contributed by atoms with E-state index in [9.17, 15) is 0 Å². The fourth-order valence-electron chi connectivity index (χ4n) is 1.49. The summed E-state index contributed by atoms with van der Waals surface area (Å²) in [5.74, 6) is 1.59. The second-order valence-electron chi connectivity index (χ2n) is 3.94. The molecule has 0 aromatic carbocycles.